The van der Waals surface area contributed by atoms with Crippen molar-refractivity contribution in [3.63, 3.8) is 0 Å². The fourth-order valence-electron chi connectivity index (χ4n) is 12.7. The molecule has 0 saturated carbocycles. The molecule has 19 heteroatoms. The predicted molar refractivity (Wildman–Crippen MR) is 347 cm³/mol. The van der Waals surface area contributed by atoms with Crippen LogP contribution in [-0.2, 0) is 33.2 Å². The Balaban J connectivity index is 1.16. The molecule has 0 bridgehead atoms. The summed E-state index contributed by atoms with van der Waals surface area (Å²) in [5, 5.41) is 119. The van der Waals surface area contributed by atoms with Crippen LogP contribution >= 0.6 is 0 Å². The van der Waals surface area contributed by atoms with Gasteiger partial charge in [-0.15, -0.1) is 0 Å². The SMILES string of the molecule is CCCCCCCCCC/C=C\CCCCCCCCCCCCCCCCCCCCCCCCCCCCCCCC(=O)NC(COC1OC(CO)C(OC2OC(CO)C(OC3OC(CO)C(O)C(O)C3O)C(O)C2O)C(O)C1O)C(O)CCCCC. The molecule has 1 amide bonds. The van der Waals surface area contributed by atoms with E-state index in [0.717, 1.165) is 32.1 Å². The molecule has 19 nitrogen and oxygen atoms in total. The average molecular weight is 1280 g/mol. The zero-order valence-electron chi connectivity index (χ0n) is 55.7. The highest BCUT2D eigenvalue weighted by Crippen LogP contribution is 2.33. The first-order valence-corrected chi connectivity index (χ1v) is 36.4. The Morgan fingerprint density at radius 3 is 1.09 bits per heavy atom. The number of allylic oxidation sites excluding steroid dienone is 2. The van der Waals surface area contributed by atoms with Crippen molar-refractivity contribution in [2.75, 3.05) is 26.4 Å². The van der Waals surface area contributed by atoms with Crippen LogP contribution in [0.3, 0.4) is 0 Å². The predicted octanol–water partition coefficient (Wildman–Crippen LogP) is 10.1. The smallest absolute Gasteiger partial charge is 0.220 e. The van der Waals surface area contributed by atoms with Gasteiger partial charge in [-0.05, 0) is 38.5 Å². The number of carbonyl (C=O) groups is 1. The number of hydrogen-bond acceptors (Lipinski definition) is 18. The van der Waals surface area contributed by atoms with Crippen LogP contribution in [0, 0.1) is 0 Å². The van der Waals surface area contributed by atoms with Crippen molar-refractivity contribution >= 4 is 5.91 Å². The second-order valence-electron chi connectivity index (χ2n) is 26.4. The molecule has 0 aromatic heterocycles. The summed E-state index contributed by atoms with van der Waals surface area (Å²) in [6.45, 7) is 1.63. The summed E-state index contributed by atoms with van der Waals surface area (Å²) in [5.74, 6) is -0.249. The van der Waals surface area contributed by atoms with Gasteiger partial charge in [0, 0.05) is 6.42 Å². The molecule has 17 atom stereocenters. The lowest BCUT2D eigenvalue weighted by molar-refractivity contribution is -0.379. The maximum atomic E-state index is 13.2. The number of hydrogen-bond donors (Lipinski definition) is 12. The summed E-state index contributed by atoms with van der Waals surface area (Å²) in [6.07, 6.45) is 33.6. The first kappa shape index (κ1) is 81.8. The van der Waals surface area contributed by atoms with Gasteiger partial charge in [-0.3, -0.25) is 4.79 Å². The number of amides is 1. The van der Waals surface area contributed by atoms with E-state index < -0.39 is 124 Å². The summed E-state index contributed by atoms with van der Waals surface area (Å²) in [7, 11) is 0. The molecule has 3 fully saturated rings. The van der Waals surface area contributed by atoms with Crippen LogP contribution in [-0.4, -0.2) is 193 Å². The molecule has 3 saturated heterocycles. The van der Waals surface area contributed by atoms with E-state index in [0.29, 0.717) is 19.3 Å². The summed E-state index contributed by atoms with van der Waals surface area (Å²) >= 11 is 0. The highest BCUT2D eigenvalue weighted by atomic mass is 16.8. The number of carbonyl (C=O) groups excluding carboxylic acids is 1. The molecule has 3 heterocycles. The quantitative estimate of drug-likeness (QED) is 0.0199. The Hall–Kier alpha value is -1.47. The molecule has 3 aliphatic heterocycles. The Kier molecular flexibility index (Phi) is 48.5. The molecule has 0 aromatic carbocycles. The highest BCUT2D eigenvalue weighted by molar-refractivity contribution is 5.76. The minimum absolute atomic E-state index is 0.249. The Labute approximate surface area is 537 Å². The lowest BCUT2D eigenvalue weighted by Gasteiger charge is -2.48. The topological polar surface area (TPSA) is 307 Å². The van der Waals surface area contributed by atoms with Crippen molar-refractivity contribution < 1.29 is 89.4 Å². The van der Waals surface area contributed by atoms with Gasteiger partial charge in [0.25, 0.3) is 0 Å². The molecule has 3 rings (SSSR count). The van der Waals surface area contributed by atoms with E-state index in [1.807, 2.05) is 6.92 Å². The fourth-order valence-corrected chi connectivity index (χ4v) is 12.7. The third kappa shape index (κ3) is 34.7. The molecule has 3 aliphatic rings. The van der Waals surface area contributed by atoms with Crippen molar-refractivity contribution in [3.8, 4) is 0 Å². The molecule has 0 radical (unpaired) electrons. The van der Waals surface area contributed by atoms with Crippen LogP contribution in [0.5, 0.6) is 0 Å². The van der Waals surface area contributed by atoms with Gasteiger partial charge in [0.1, 0.15) is 73.2 Å². The van der Waals surface area contributed by atoms with E-state index in [1.54, 1.807) is 0 Å². The molecule has 89 heavy (non-hydrogen) atoms. The summed E-state index contributed by atoms with van der Waals surface area (Å²) < 4.78 is 34.1. The van der Waals surface area contributed by atoms with Crippen LogP contribution in [0.15, 0.2) is 12.2 Å². The normalized spacial score (nSPS) is 28.2. The summed E-state index contributed by atoms with van der Waals surface area (Å²) in [5.41, 5.74) is 0. The van der Waals surface area contributed by atoms with E-state index in [4.69, 9.17) is 28.4 Å². The maximum absolute atomic E-state index is 13.2. The summed E-state index contributed by atoms with van der Waals surface area (Å²) in [6, 6.07) is -0.878. The second-order valence-corrected chi connectivity index (χ2v) is 26.4. The number of aliphatic hydroxyl groups is 11. The van der Waals surface area contributed by atoms with E-state index in [-0.39, 0.29) is 18.9 Å². The van der Waals surface area contributed by atoms with Gasteiger partial charge in [-0.25, -0.2) is 0 Å². The van der Waals surface area contributed by atoms with Crippen LogP contribution in [0.2, 0.25) is 0 Å². The minimum atomic E-state index is -1.97. The number of nitrogens with one attached hydrogen (secondary N) is 1. The fraction of sp³-hybridized carbons (Fsp3) is 0.957. The molecule has 0 aliphatic carbocycles. The van der Waals surface area contributed by atoms with Gasteiger partial charge < -0.3 is 89.9 Å². The first-order chi connectivity index (χ1) is 43.3. The Morgan fingerprint density at radius 1 is 0.393 bits per heavy atom. The van der Waals surface area contributed by atoms with Gasteiger partial charge in [0.2, 0.25) is 5.91 Å². The van der Waals surface area contributed by atoms with Gasteiger partial charge in [-0.2, -0.15) is 0 Å². The van der Waals surface area contributed by atoms with E-state index >= 15 is 0 Å². The zero-order valence-corrected chi connectivity index (χ0v) is 55.7. The van der Waals surface area contributed by atoms with Gasteiger partial charge in [-0.1, -0.05) is 264 Å². The standard InChI is InChI=1S/C70H133NO18/c1-3-5-7-8-9-10-11-12-13-14-15-16-17-18-19-20-21-22-23-24-25-26-27-28-29-30-31-32-33-34-35-36-37-38-39-40-41-42-43-44-46-48-58(76)71-53(54(75)47-45-6-4-2)52-84-68-64(82)61(79)66(56(50-73)86-68)89-70-65(83)62(80)67(57(51-74)87-70)88-69-63(81)60(78)59(77)55(49-72)85-69/h14-15,53-57,59-70,72-75,77-83H,3-13,16-52H2,1-2H3,(H,71,76)/b15-14-. The largest absolute Gasteiger partial charge is 0.394 e. The zero-order chi connectivity index (χ0) is 64.7. The minimum Gasteiger partial charge on any atom is -0.394 e. The molecule has 0 aromatic rings. The third-order valence-electron chi connectivity index (χ3n) is 18.6. The highest BCUT2D eigenvalue weighted by Gasteiger charge is 2.53. The average Bonchev–Trinajstić information content (AvgIpc) is 1.74. The Bertz CT molecular complexity index is 1670. The van der Waals surface area contributed by atoms with Crippen LogP contribution in [0.1, 0.15) is 296 Å². The molecule has 526 valence electrons. The van der Waals surface area contributed by atoms with Crippen molar-refractivity contribution in [2.24, 2.45) is 0 Å². The van der Waals surface area contributed by atoms with Crippen molar-refractivity contribution in [1.29, 1.82) is 0 Å². The molecule has 17 unspecified atom stereocenters. The van der Waals surface area contributed by atoms with Crippen molar-refractivity contribution in [2.45, 2.75) is 401 Å². The van der Waals surface area contributed by atoms with Crippen LogP contribution in [0.4, 0.5) is 0 Å². The van der Waals surface area contributed by atoms with E-state index in [9.17, 15) is 61.0 Å². The maximum Gasteiger partial charge on any atom is 0.220 e. The van der Waals surface area contributed by atoms with E-state index in [2.05, 4.69) is 24.4 Å². The summed E-state index contributed by atoms with van der Waals surface area (Å²) in [4.78, 5) is 13.2. The molecular formula is C70H133NO18. The number of rotatable bonds is 57. The number of unbranched alkanes of at least 4 members (excludes halogenated alkanes) is 39. The second kappa shape index (κ2) is 52.8. The lowest BCUT2D eigenvalue weighted by Crippen LogP contribution is -2.66. The van der Waals surface area contributed by atoms with Gasteiger partial charge in [0.05, 0.1) is 38.6 Å². The molecule has 0 spiro atoms. The first-order valence-electron chi connectivity index (χ1n) is 36.4. The van der Waals surface area contributed by atoms with Gasteiger partial charge in [0.15, 0.2) is 18.9 Å². The van der Waals surface area contributed by atoms with E-state index in [1.165, 1.54) is 225 Å². The number of ether oxygens (including phenoxy) is 6. The third-order valence-corrected chi connectivity index (χ3v) is 18.6. The monoisotopic (exact) mass is 1280 g/mol. The molecule has 12 N–H and O–H groups in total. The van der Waals surface area contributed by atoms with Crippen molar-refractivity contribution in [3.05, 3.63) is 12.2 Å². The lowest BCUT2D eigenvalue weighted by atomic mass is 9.96. The van der Waals surface area contributed by atoms with Crippen molar-refractivity contribution in [1.82, 2.24) is 5.32 Å². The van der Waals surface area contributed by atoms with Gasteiger partial charge >= 0.3 is 0 Å². The Morgan fingerprint density at radius 2 is 0.708 bits per heavy atom. The molecular weight excluding hydrogens is 1140 g/mol. The number of aliphatic hydroxyl groups excluding tert-OH is 11. The van der Waals surface area contributed by atoms with Crippen LogP contribution in [0.25, 0.3) is 0 Å². The van der Waals surface area contributed by atoms with Crippen LogP contribution < -0.4 is 5.32 Å².